The molecule has 1 heterocycles. The van der Waals surface area contributed by atoms with E-state index in [1.165, 1.54) is 0 Å². The van der Waals surface area contributed by atoms with Gasteiger partial charge >= 0.3 is 12.1 Å². The predicted molar refractivity (Wildman–Crippen MR) is 102 cm³/mol. The van der Waals surface area contributed by atoms with Crippen molar-refractivity contribution in [2.45, 2.75) is 51.4 Å². The van der Waals surface area contributed by atoms with E-state index in [1.54, 1.807) is 32.9 Å². The van der Waals surface area contributed by atoms with Crippen molar-refractivity contribution < 1.29 is 23.9 Å². The molecule has 152 valence electrons. The highest BCUT2D eigenvalue weighted by Gasteiger charge is 2.50. The Morgan fingerprint density at radius 1 is 1.29 bits per heavy atom. The lowest BCUT2D eigenvalue weighted by atomic mass is 9.91. The largest absolute Gasteiger partial charge is 0.458 e. The molecule has 9 nitrogen and oxygen atoms in total. The average molecular weight is 390 g/mol. The summed E-state index contributed by atoms with van der Waals surface area (Å²) in [5, 5.41) is 4.74. The first-order chi connectivity index (χ1) is 13.1. The highest BCUT2D eigenvalue weighted by molar-refractivity contribution is 6.14. The predicted octanol–water partition coefficient (Wildman–Crippen LogP) is 1.22. The standard InChI is InChI=1S/C19H26N4O5/c1-18(2,3)28-15(25)19(10-7-11-21-16(20)22-14(19)24)23-17(26)27-12-13-8-5-4-6-9-13/h4-6,8-9H,7,10-12H2,1-3H3,(H,23,26)(H3,20,21,22,24)/t19-/m1/s1. The number of benzene rings is 1. The van der Waals surface area contributed by atoms with E-state index >= 15 is 0 Å². The molecule has 0 fully saturated rings. The van der Waals surface area contributed by atoms with Crippen LogP contribution in [0, 0.1) is 0 Å². The molecular weight excluding hydrogens is 364 g/mol. The molecular formula is C19H26N4O5. The number of esters is 1. The van der Waals surface area contributed by atoms with Crippen molar-refractivity contribution in [2.24, 2.45) is 10.7 Å². The van der Waals surface area contributed by atoms with Crippen molar-refractivity contribution in [1.82, 2.24) is 10.6 Å². The number of hydrogen-bond acceptors (Lipinski definition) is 7. The van der Waals surface area contributed by atoms with Gasteiger partial charge in [0.05, 0.1) is 0 Å². The third-order valence-electron chi connectivity index (χ3n) is 3.90. The first kappa shape index (κ1) is 21.2. The van der Waals surface area contributed by atoms with Gasteiger partial charge < -0.3 is 15.2 Å². The average Bonchev–Trinajstić information content (AvgIpc) is 2.60. The van der Waals surface area contributed by atoms with Crippen LogP contribution in [0.3, 0.4) is 0 Å². The van der Waals surface area contributed by atoms with Crippen LogP contribution in [-0.4, -0.2) is 41.6 Å². The maximum Gasteiger partial charge on any atom is 0.408 e. The fraction of sp³-hybridized carbons (Fsp3) is 0.474. The molecule has 2 amide bonds. The van der Waals surface area contributed by atoms with Crippen LogP contribution in [0.4, 0.5) is 4.79 Å². The lowest BCUT2D eigenvalue weighted by Crippen LogP contribution is -2.66. The van der Waals surface area contributed by atoms with Gasteiger partial charge in [0.2, 0.25) is 5.54 Å². The Morgan fingerprint density at radius 3 is 2.61 bits per heavy atom. The Balaban J connectivity index is 2.22. The zero-order valence-electron chi connectivity index (χ0n) is 16.3. The monoisotopic (exact) mass is 390 g/mol. The number of hydrogen-bond donors (Lipinski definition) is 3. The summed E-state index contributed by atoms with van der Waals surface area (Å²) in [5.74, 6) is -1.83. The zero-order chi connectivity index (χ0) is 20.8. The van der Waals surface area contributed by atoms with Gasteiger partial charge in [0, 0.05) is 6.54 Å². The number of rotatable bonds is 4. The zero-order valence-corrected chi connectivity index (χ0v) is 16.3. The number of ether oxygens (including phenoxy) is 2. The van der Waals surface area contributed by atoms with Crippen LogP contribution in [0.2, 0.25) is 0 Å². The van der Waals surface area contributed by atoms with Crippen LogP contribution in [0.15, 0.2) is 35.3 Å². The molecule has 1 aromatic carbocycles. The summed E-state index contributed by atoms with van der Waals surface area (Å²) in [6, 6.07) is 9.03. The van der Waals surface area contributed by atoms with E-state index in [-0.39, 0.29) is 25.5 Å². The van der Waals surface area contributed by atoms with Gasteiger partial charge in [-0.1, -0.05) is 30.3 Å². The molecule has 9 heteroatoms. The quantitative estimate of drug-likeness (QED) is 0.523. The number of nitrogens with one attached hydrogen (secondary N) is 2. The molecule has 0 aliphatic carbocycles. The lowest BCUT2D eigenvalue weighted by Gasteiger charge is -2.34. The van der Waals surface area contributed by atoms with Crippen molar-refractivity contribution >= 4 is 23.9 Å². The highest BCUT2D eigenvalue weighted by atomic mass is 16.6. The normalized spacial score (nSPS) is 20.1. The van der Waals surface area contributed by atoms with Gasteiger partial charge in [-0.3, -0.25) is 20.4 Å². The fourth-order valence-electron chi connectivity index (χ4n) is 2.58. The van der Waals surface area contributed by atoms with Crippen LogP contribution in [0.1, 0.15) is 39.2 Å². The summed E-state index contributed by atoms with van der Waals surface area (Å²) in [6.07, 6.45) is -0.585. The molecule has 1 aliphatic rings. The molecule has 28 heavy (non-hydrogen) atoms. The van der Waals surface area contributed by atoms with Crippen LogP contribution in [0.5, 0.6) is 0 Å². The number of amides is 2. The lowest BCUT2D eigenvalue weighted by molar-refractivity contribution is -0.166. The Hall–Kier alpha value is -3.10. The van der Waals surface area contributed by atoms with Crippen LogP contribution < -0.4 is 16.4 Å². The van der Waals surface area contributed by atoms with E-state index in [2.05, 4.69) is 15.6 Å². The third-order valence-corrected chi connectivity index (χ3v) is 3.90. The van der Waals surface area contributed by atoms with Crippen molar-refractivity contribution in [1.29, 1.82) is 0 Å². The second kappa shape index (κ2) is 8.73. The smallest absolute Gasteiger partial charge is 0.408 e. The summed E-state index contributed by atoms with van der Waals surface area (Å²) in [7, 11) is 0. The third kappa shape index (κ3) is 5.70. The molecule has 0 bridgehead atoms. The van der Waals surface area contributed by atoms with Crippen LogP contribution in [-0.2, 0) is 25.7 Å². The first-order valence-corrected chi connectivity index (χ1v) is 8.96. The number of carbonyl (C=O) groups excluding carboxylic acids is 3. The van der Waals surface area contributed by atoms with Crippen LogP contribution in [0.25, 0.3) is 0 Å². The molecule has 1 aromatic rings. The molecule has 0 saturated carbocycles. The van der Waals surface area contributed by atoms with Crippen LogP contribution >= 0.6 is 0 Å². The minimum Gasteiger partial charge on any atom is -0.458 e. The summed E-state index contributed by atoms with van der Waals surface area (Å²) in [4.78, 5) is 42.0. The second-order valence-electron chi connectivity index (χ2n) is 7.42. The second-order valence-corrected chi connectivity index (χ2v) is 7.42. The summed E-state index contributed by atoms with van der Waals surface area (Å²) < 4.78 is 10.6. The molecule has 2 rings (SSSR count). The SMILES string of the molecule is CC(C)(C)OC(=O)[C@@]1(NC(=O)OCc2ccccc2)CCCN=C(N)NC1=O. The molecule has 0 spiro atoms. The van der Waals surface area contributed by atoms with Gasteiger partial charge in [-0.05, 0) is 39.2 Å². The van der Waals surface area contributed by atoms with Gasteiger partial charge in [-0.2, -0.15) is 0 Å². The maximum absolute atomic E-state index is 12.9. The molecule has 4 N–H and O–H groups in total. The van der Waals surface area contributed by atoms with E-state index in [0.717, 1.165) is 5.56 Å². The van der Waals surface area contributed by atoms with Crippen molar-refractivity contribution in [2.75, 3.05) is 6.54 Å². The van der Waals surface area contributed by atoms with E-state index in [9.17, 15) is 14.4 Å². The summed E-state index contributed by atoms with van der Waals surface area (Å²) >= 11 is 0. The number of aliphatic imine (C=N–C) groups is 1. The van der Waals surface area contributed by atoms with E-state index < -0.39 is 29.1 Å². The van der Waals surface area contributed by atoms with E-state index in [4.69, 9.17) is 15.2 Å². The van der Waals surface area contributed by atoms with Gasteiger partial charge in [-0.25, -0.2) is 9.59 Å². The maximum atomic E-state index is 12.9. The van der Waals surface area contributed by atoms with Gasteiger partial charge in [-0.15, -0.1) is 0 Å². The summed E-state index contributed by atoms with van der Waals surface area (Å²) in [5.41, 5.74) is 3.57. The number of carbonyl (C=O) groups is 3. The van der Waals surface area contributed by atoms with E-state index in [0.29, 0.717) is 6.42 Å². The first-order valence-electron chi connectivity index (χ1n) is 8.96. The van der Waals surface area contributed by atoms with Crippen molar-refractivity contribution in [3.63, 3.8) is 0 Å². The number of alkyl carbamates (subject to hydrolysis) is 1. The topological polar surface area (TPSA) is 132 Å². The molecule has 0 radical (unpaired) electrons. The van der Waals surface area contributed by atoms with Crippen molar-refractivity contribution in [3.05, 3.63) is 35.9 Å². The van der Waals surface area contributed by atoms with E-state index in [1.807, 2.05) is 18.2 Å². The Bertz CT molecular complexity index is 757. The molecule has 0 saturated heterocycles. The number of guanidine groups is 1. The van der Waals surface area contributed by atoms with Gasteiger partial charge in [0.15, 0.2) is 5.96 Å². The van der Waals surface area contributed by atoms with Gasteiger partial charge in [0.1, 0.15) is 12.2 Å². The number of nitrogens with zero attached hydrogens (tertiary/aromatic N) is 1. The summed E-state index contributed by atoms with van der Waals surface area (Å²) in [6.45, 7) is 5.29. The minimum absolute atomic E-state index is 0.00896. The highest BCUT2D eigenvalue weighted by Crippen LogP contribution is 2.22. The molecule has 0 unspecified atom stereocenters. The van der Waals surface area contributed by atoms with Crippen molar-refractivity contribution in [3.8, 4) is 0 Å². The molecule has 0 aromatic heterocycles. The minimum atomic E-state index is -1.97. The molecule has 1 atom stereocenters. The Labute approximate surface area is 163 Å². The Kier molecular flexibility index (Phi) is 6.61. The Morgan fingerprint density at radius 2 is 1.96 bits per heavy atom. The number of nitrogens with two attached hydrogens (primary N) is 1. The fourth-order valence-corrected chi connectivity index (χ4v) is 2.58. The molecule has 1 aliphatic heterocycles. The van der Waals surface area contributed by atoms with Gasteiger partial charge in [0.25, 0.3) is 5.91 Å².